The minimum absolute atomic E-state index is 0.0450. The van der Waals surface area contributed by atoms with Crippen LogP contribution in [0.3, 0.4) is 0 Å². The Kier molecular flexibility index (Phi) is 6.06. The summed E-state index contributed by atoms with van der Waals surface area (Å²) >= 11 is 6.81. The van der Waals surface area contributed by atoms with Crippen molar-refractivity contribution in [3.63, 3.8) is 0 Å². The minimum atomic E-state index is -1.21. The number of pyridine rings is 2. The summed E-state index contributed by atoms with van der Waals surface area (Å²) in [5, 5.41) is 14.6. The zero-order valence-electron chi connectivity index (χ0n) is 24.3. The van der Waals surface area contributed by atoms with E-state index in [1.165, 1.54) is 17.7 Å². The van der Waals surface area contributed by atoms with Crippen molar-refractivity contribution >= 4 is 45.0 Å². The number of halogens is 2. The van der Waals surface area contributed by atoms with Gasteiger partial charge in [-0.25, -0.2) is 13.9 Å². The molecule has 0 saturated heterocycles. The number of H-pyrrole nitrogens is 1. The molecule has 5 aromatic heterocycles. The zero-order valence-corrected chi connectivity index (χ0v) is 25.1. The number of aryl methyl sites for hydroxylation is 1. The quantitative estimate of drug-likeness (QED) is 0.228. The van der Waals surface area contributed by atoms with Crippen molar-refractivity contribution in [1.82, 2.24) is 34.3 Å². The molecule has 6 aromatic rings. The minimum Gasteiger partial charge on any atom is -0.401 e. The molecule has 0 unspecified atom stereocenters. The van der Waals surface area contributed by atoms with Gasteiger partial charge in [-0.15, -0.1) is 0 Å². The van der Waals surface area contributed by atoms with Crippen molar-refractivity contribution in [3.05, 3.63) is 82.4 Å². The summed E-state index contributed by atoms with van der Waals surface area (Å²) in [4.78, 5) is 20.1. The molecule has 8 rings (SSSR count). The second-order valence-corrected chi connectivity index (χ2v) is 12.4. The maximum Gasteiger partial charge on any atom is 0.259 e. The molecule has 44 heavy (non-hydrogen) atoms. The summed E-state index contributed by atoms with van der Waals surface area (Å²) in [5.41, 5.74) is 14.4. The number of hydrogen-bond acceptors (Lipinski definition) is 5. The van der Waals surface area contributed by atoms with Crippen molar-refractivity contribution < 1.29 is 9.18 Å². The Morgan fingerprint density at radius 1 is 1.14 bits per heavy atom. The highest BCUT2D eigenvalue weighted by Gasteiger charge is 2.30. The van der Waals surface area contributed by atoms with Crippen molar-refractivity contribution in [2.75, 3.05) is 6.54 Å². The largest absolute Gasteiger partial charge is 0.401 e. The van der Waals surface area contributed by atoms with E-state index in [1.54, 1.807) is 23.7 Å². The van der Waals surface area contributed by atoms with Crippen LogP contribution >= 0.6 is 11.6 Å². The van der Waals surface area contributed by atoms with Gasteiger partial charge in [-0.2, -0.15) is 10.2 Å². The number of carbonyl (C=O) groups is 1. The van der Waals surface area contributed by atoms with Crippen LogP contribution in [0, 0.1) is 12.8 Å². The van der Waals surface area contributed by atoms with Crippen LogP contribution in [0.2, 0.25) is 5.02 Å². The fourth-order valence-corrected chi connectivity index (χ4v) is 6.66. The standard InChI is InChI=1S/C33H30ClFN8O/c1-17-30(40-43-15-23(10-25(34)31(17)43)33(44)41-16-24(35)12-26(36)18(41)2)29-11-21-6-7-27(38-32(21)42(29)14-19-3-4-19)20-5-8-28-22(9-20)13-37-39-28/h5-11,13,15,19,24H,3-4,12,14,16,36H2,1-2H3,(H,37,39)/t24-/m1/s1. The number of alkyl halides is 1. The molecule has 1 fully saturated rings. The molecule has 1 aliphatic carbocycles. The Bertz CT molecular complexity index is 2170. The number of nitrogens with zero attached hydrogens (tertiary/aromatic N) is 6. The summed E-state index contributed by atoms with van der Waals surface area (Å²) in [7, 11) is 0. The van der Waals surface area contributed by atoms with E-state index in [1.807, 2.05) is 25.3 Å². The van der Waals surface area contributed by atoms with Gasteiger partial charge in [0.05, 0.1) is 45.7 Å². The first-order valence-corrected chi connectivity index (χ1v) is 15.2. The first-order chi connectivity index (χ1) is 21.2. The molecule has 0 bridgehead atoms. The summed E-state index contributed by atoms with van der Waals surface area (Å²) < 4.78 is 18.3. The molecule has 1 aliphatic heterocycles. The number of nitrogens with two attached hydrogens (primary N) is 1. The van der Waals surface area contributed by atoms with E-state index in [4.69, 9.17) is 27.4 Å². The van der Waals surface area contributed by atoms with Crippen LogP contribution in [0.25, 0.3) is 50.1 Å². The van der Waals surface area contributed by atoms with Crippen molar-refractivity contribution in [1.29, 1.82) is 0 Å². The molecule has 222 valence electrons. The lowest BCUT2D eigenvalue weighted by molar-refractivity contribution is 0.0746. The van der Waals surface area contributed by atoms with Gasteiger partial charge in [0.15, 0.2) is 0 Å². The van der Waals surface area contributed by atoms with Crippen molar-refractivity contribution in [2.45, 2.75) is 45.8 Å². The van der Waals surface area contributed by atoms with Gasteiger partial charge in [0, 0.05) is 52.5 Å². The highest BCUT2D eigenvalue weighted by molar-refractivity contribution is 6.34. The fourth-order valence-electron chi connectivity index (χ4n) is 6.31. The summed E-state index contributed by atoms with van der Waals surface area (Å²) in [6, 6.07) is 14.1. The van der Waals surface area contributed by atoms with E-state index in [2.05, 4.69) is 39.0 Å². The SMILES string of the molecule is CC1=C(N)C[C@@H](F)CN1C(=O)c1cc(Cl)c2c(C)c(-c3cc4ccc(-c5ccc6[nH]ncc6c5)nc4n3CC3CC3)nn2c1. The molecule has 1 amide bonds. The van der Waals surface area contributed by atoms with Crippen LogP contribution in [-0.4, -0.2) is 52.9 Å². The van der Waals surface area contributed by atoms with Crippen LogP contribution in [0.4, 0.5) is 4.39 Å². The van der Waals surface area contributed by atoms with E-state index in [-0.39, 0.29) is 18.9 Å². The van der Waals surface area contributed by atoms with Gasteiger partial charge in [-0.3, -0.25) is 9.89 Å². The Morgan fingerprint density at radius 3 is 2.80 bits per heavy atom. The Hall–Kier alpha value is -4.70. The lowest BCUT2D eigenvalue weighted by atomic mass is 10.1. The predicted molar refractivity (Wildman–Crippen MR) is 169 cm³/mol. The second kappa shape index (κ2) is 9.92. The van der Waals surface area contributed by atoms with Crippen molar-refractivity contribution in [2.24, 2.45) is 11.7 Å². The number of rotatable bonds is 5. The second-order valence-electron chi connectivity index (χ2n) is 12.0. The average molecular weight is 609 g/mol. The molecule has 3 N–H and O–H groups in total. The number of hydrogen-bond donors (Lipinski definition) is 2. The number of aromatic amines is 1. The number of carbonyl (C=O) groups excluding carboxylic acids is 1. The molecular weight excluding hydrogens is 579 g/mol. The molecule has 9 nitrogen and oxygen atoms in total. The van der Waals surface area contributed by atoms with Gasteiger partial charge >= 0.3 is 0 Å². The molecular formula is C33H30ClFN8O. The van der Waals surface area contributed by atoms with Gasteiger partial charge in [-0.05, 0) is 69.0 Å². The number of fused-ring (bicyclic) bond motifs is 3. The van der Waals surface area contributed by atoms with E-state index >= 15 is 0 Å². The zero-order chi connectivity index (χ0) is 30.3. The van der Waals surface area contributed by atoms with E-state index in [0.29, 0.717) is 27.9 Å². The lowest BCUT2D eigenvalue weighted by Crippen LogP contribution is -2.40. The third-order valence-corrected chi connectivity index (χ3v) is 9.25. The van der Waals surface area contributed by atoms with Crippen LogP contribution in [-0.2, 0) is 6.54 Å². The predicted octanol–water partition coefficient (Wildman–Crippen LogP) is 6.64. The van der Waals surface area contributed by atoms with E-state index in [9.17, 15) is 9.18 Å². The molecule has 0 radical (unpaired) electrons. The number of allylic oxidation sites excluding steroid dienone is 2. The van der Waals surface area contributed by atoms with Gasteiger partial charge < -0.3 is 15.2 Å². The Balaban J connectivity index is 1.23. The maximum absolute atomic E-state index is 14.3. The van der Waals surface area contributed by atoms with Crippen molar-refractivity contribution in [3.8, 4) is 22.6 Å². The highest BCUT2D eigenvalue weighted by atomic mass is 35.5. The van der Waals surface area contributed by atoms with Gasteiger partial charge in [0.1, 0.15) is 17.5 Å². The first kappa shape index (κ1) is 26.9. The summed E-state index contributed by atoms with van der Waals surface area (Å²) in [5.74, 6) is 0.231. The smallest absolute Gasteiger partial charge is 0.259 e. The third kappa shape index (κ3) is 4.35. The Labute approximate surface area is 257 Å². The molecule has 1 atom stereocenters. The normalized spacial score (nSPS) is 17.5. The molecule has 1 saturated carbocycles. The highest BCUT2D eigenvalue weighted by Crippen LogP contribution is 2.38. The maximum atomic E-state index is 14.3. The molecule has 0 spiro atoms. The monoisotopic (exact) mass is 608 g/mol. The number of aromatic nitrogens is 6. The average Bonchev–Trinajstić information content (AvgIpc) is 3.43. The fraction of sp³-hybridized carbons (Fsp3) is 0.273. The van der Waals surface area contributed by atoms with Gasteiger partial charge in [0.2, 0.25) is 0 Å². The van der Waals surface area contributed by atoms with E-state index < -0.39 is 6.17 Å². The van der Waals surface area contributed by atoms with Crippen LogP contribution in [0.1, 0.15) is 42.1 Å². The number of benzene rings is 1. The third-order valence-electron chi connectivity index (χ3n) is 8.96. The van der Waals surface area contributed by atoms with Gasteiger partial charge in [0.25, 0.3) is 5.91 Å². The molecule has 11 heteroatoms. The molecule has 1 aromatic carbocycles. The Morgan fingerprint density at radius 2 is 1.98 bits per heavy atom. The number of nitrogens with one attached hydrogen (secondary N) is 1. The van der Waals surface area contributed by atoms with Crippen LogP contribution in [0.5, 0.6) is 0 Å². The van der Waals surface area contributed by atoms with Crippen LogP contribution in [0.15, 0.2) is 66.3 Å². The van der Waals surface area contributed by atoms with Crippen LogP contribution < -0.4 is 5.73 Å². The molecule has 2 aliphatic rings. The first-order valence-electron chi connectivity index (χ1n) is 14.8. The summed E-state index contributed by atoms with van der Waals surface area (Å²) in [6.45, 7) is 4.53. The van der Waals surface area contributed by atoms with E-state index in [0.717, 1.165) is 62.2 Å². The molecule has 6 heterocycles. The number of amides is 1. The topological polar surface area (TPSA) is 110 Å². The summed E-state index contributed by atoms with van der Waals surface area (Å²) in [6.07, 6.45) is 4.78. The van der Waals surface area contributed by atoms with Gasteiger partial charge in [-0.1, -0.05) is 17.7 Å². The lowest BCUT2D eigenvalue weighted by Gasteiger charge is -2.31.